The lowest BCUT2D eigenvalue weighted by atomic mass is 9.80. The SMILES string of the molecule is C[C@H]1[C@H]2CC[C@H](C2)[C@H]1CN(CCO)C(=O)c1ccc(Cl)cc1. The second-order valence-corrected chi connectivity index (χ2v) is 7.27. The van der Waals surface area contributed by atoms with Crippen molar-refractivity contribution in [3.63, 3.8) is 0 Å². The summed E-state index contributed by atoms with van der Waals surface area (Å²) in [5, 5.41) is 9.96. The van der Waals surface area contributed by atoms with E-state index < -0.39 is 0 Å². The number of aliphatic hydroxyl groups is 1. The molecule has 0 aliphatic heterocycles. The van der Waals surface area contributed by atoms with Gasteiger partial charge in [0.25, 0.3) is 5.91 Å². The Morgan fingerprint density at radius 1 is 1.27 bits per heavy atom. The molecule has 2 bridgehead atoms. The fourth-order valence-corrected chi connectivity index (χ4v) is 4.57. The monoisotopic (exact) mass is 321 g/mol. The molecule has 0 unspecified atom stereocenters. The Balaban J connectivity index is 1.72. The number of carbonyl (C=O) groups is 1. The average Bonchev–Trinajstić information content (AvgIpc) is 3.10. The summed E-state index contributed by atoms with van der Waals surface area (Å²) in [6, 6.07) is 7.01. The number of fused-ring (bicyclic) bond motifs is 2. The van der Waals surface area contributed by atoms with E-state index in [1.165, 1.54) is 19.3 Å². The molecule has 2 aliphatic rings. The van der Waals surface area contributed by atoms with Gasteiger partial charge in [0.1, 0.15) is 0 Å². The van der Waals surface area contributed by atoms with E-state index in [9.17, 15) is 9.90 Å². The standard InChI is InChI=1S/C18H24ClNO2/c1-12-14-2-3-15(10-14)17(12)11-20(8-9-21)18(22)13-4-6-16(19)7-5-13/h4-7,12,14-15,17,21H,2-3,8-11H2,1H3/t12-,14-,15+,17-/m0/s1. The van der Waals surface area contributed by atoms with E-state index in [0.717, 1.165) is 18.4 Å². The predicted molar refractivity (Wildman–Crippen MR) is 87.9 cm³/mol. The minimum absolute atomic E-state index is 0.000639. The van der Waals surface area contributed by atoms with Crippen LogP contribution in [0.2, 0.25) is 5.02 Å². The molecule has 2 fully saturated rings. The third-order valence-electron chi connectivity index (χ3n) is 5.72. The molecule has 1 aromatic rings. The number of halogens is 1. The van der Waals surface area contributed by atoms with Crippen molar-refractivity contribution in [2.45, 2.75) is 26.2 Å². The number of rotatable bonds is 5. The highest BCUT2D eigenvalue weighted by atomic mass is 35.5. The fraction of sp³-hybridized carbons (Fsp3) is 0.611. The van der Waals surface area contributed by atoms with E-state index in [4.69, 9.17) is 11.6 Å². The van der Waals surface area contributed by atoms with Gasteiger partial charge in [0.15, 0.2) is 0 Å². The molecule has 4 atom stereocenters. The van der Waals surface area contributed by atoms with Crippen LogP contribution in [0.25, 0.3) is 0 Å². The fourth-order valence-electron chi connectivity index (χ4n) is 4.44. The summed E-state index contributed by atoms with van der Waals surface area (Å²) in [7, 11) is 0. The predicted octanol–water partition coefficient (Wildman–Crippen LogP) is 3.46. The molecule has 1 aromatic carbocycles. The van der Waals surface area contributed by atoms with Crippen LogP contribution in [-0.2, 0) is 0 Å². The molecule has 4 heteroatoms. The van der Waals surface area contributed by atoms with Crippen LogP contribution in [0.1, 0.15) is 36.5 Å². The molecule has 1 N–H and O–H groups in total. The Morgan fingerprint density at radius 3 is 2.55 bits per heavy atom. The van der Waals surface area contributed by atoms with E-state index >= 15 is 0 Å². The number of nitrogens with zero attached hydrogens (tertiary/aromatic N) is 1. The van der Waals surface area contributed by atoms with Crippen LogP contribution in [0, 0.1) is 23.7 Å². The number of amides is 1. The summed E-state index contributed by atoms with van der Waals surface area (Å²) >= 11 is 5.89. The highest BCUT2D eigenvalue weighted by Crippen LogP contribution is 2.52. The molecule has 0 spiro atoms. The molecule has 120 valence electrons. The molecule has 2 saturated carbocycles. The second kappa shape index (κ2) is 6.59. The minimum atomic E-state index is 0.000639. The summed E-state index contributed by atoms with van der Waals surface area (Å²) < 4.78 is 0. The van der Waals surface area contributed by atoms with E-state index in [1.807, 2.05) is 4.90 Å². The minimum Gasteiger partial charge on any atom is -0.395 e. The Bertz CT molecular complexity index is 528. The van der Waals surface area contributed by atoms with Gasteiger partial charge >= 0.3 is 0 Å². The smallest absolute Gasteiger partial charge is 0.253 e. The van der Waals surface area contributed by atoms with Crippen molar-refractivity contribution in [1.82, 2.24) is 4.90 Å². The first-order valence-corrected chi connectivity index (χ1v) is 8.63. The molecule has 3 nitrogen and oxygen atoms in total. The van der Waals surface area contributed by atoms with Gasteiger partial charge in [-0.15, -0.1) is 0 Å². The van der Waals surface area contributed by atoms with Gasteiger partial charge in [-0.3, -0.25) is 4.79 Å². The van der Waals surface area contributed by atoms with Gasteiger partial charge < -0.3 is 10.0 Å². The lowest BCUT2D eigenvalue weighted by Crippen LogP contribution is -2.40. The van der Waals surface area contributed by atoms with Gasteiger partial charge in [-0.2, -0.15) is 0 Å². The summed E-state index contributed by atoms with van der Waals surface area (Å²) in [6.07, 6.45) is 3.99. The lowest BCUT2D eigenvalue weighted by molar-refractivity contribution is 0.0633. The topological polar surface area (TPSA) is 40.5 Å². The van der Waals surface area contributed by atoms with Crippen LogP contribution in [0.5, 0.6) is 0 Å². The van der Waals surface area contributed by atoms with Crippen LogP contribution in [0.4, 0.5) is 0 Å². The van der Waals surface area contributed by atoms with Crippen molar-refractivity contribution in [2.24, 2.45) is 23.7 Å². The first-order valence-electron chi connectivity index (χ1n) is 8.26. The number of benzene rings is 1. The molecule has 0 radical (unpaired) electrons. The average molecular weight is 322 g/mol. The molecule has 0 heterocycles. The van der Waals surface area contributed by atoms with E-state index in [2.05, 4.69) is 6.92 Å². The van der Waals surface area contributed by atoms with Crippen molar-refractivity contribution in [3.05, 3.63) is 34.9 Å². The van der Waals surface area contributed by atoms with Crippen molar-refractivity contribution >= 4 is 17.5 Å². The van der Waals surface area contributed by atoms with Crippen LogP contribution in [0.3, 0.4) is 0 Å². The van der Waals surface area contributed by atoms with Crippen molar-refractivity contribution in [2.75, 3.05) is 19.7 Å². The third kappa shape index (κ3) is 3.02. The van der Waals surface area contributed by atoms with Crippen molar-refractivity contribution in [1.29, 1.82) is 0 Å². The quantitative estimate of drug-likeness (QED) is 0.902. The normalized spacial score (nSPS) is 29.8. The maximum Gasteiger partial charge on any atom is 0.253 e. The van der Waals surface area contributed by atoms with Gasteiger partial charge in [0, 0.05) is 23.7 Å². The Kier molecular flexibility index (Phi) is 4.74. The van der Waals surface area contributed by atoms with Gasteiger partial charge in [-0.1, -0.05) is 18.5 Å². The van der Waals surface area contributed by atoms with E-state index in [0.29, 0.717) is 29.0 Å². The summed E-state index contributed by atoms with van der Waals surface area (Å²) in [5.74, 6) is 2.89. The molecule has 0 saturated heterocycles. The van der Waals surface area contributed by atoms with Gasteiger partial charge in [0.05, 0.1) is 6.61 Å². The highest BCUT2D eigenvalue weighted by molar-refractivity contribution is 6.30. The first kappa shape index (κ1) is 15.8. The maximum atomic E-state index is 12.7. The molecule has 1 amide bonds. The van der Waals surface area contributed by atoms with Gasteiger partial charge in [0.2, 0.25) is 0 Å². The number of hydrogen-bond donors (Lipinski definition) is 1. The largest absolute Gasteiger partial charge is 0.395 e. The zero-order valence-corrected chi connectivity index (χ0v) is 13.8. The first-order chi connectivity index (χ1) is 10.6. The van der Waals surface area contributed by atoms with Crippen molar-refractivity contribution in [3.8, 4) is 0 Å². The molecular formula is C18H24ClNO2. The van der Waals surface area contributed by atoms with Crippen LogP contribution in [-0.4, -0.2) is 35.6 Å². The Hall–Kier alpha value is -1.06. The molecular weight excluding hydrogens is 298 g/mol. The van der Waals surface area contributed by atoms with Crippen molar-refractivity contribution < 1.29 is 9.90 Å². The Labute approximate surface area is 137 Å². The maximum absolute atomic E-state index is 12.7. The number of aliphatic hydroxyl groups excluding tert-OH is 1. The molecule has 0 aromatic heterocycles. The summed E-state index contributed by atoms with van der Waals surface area (Å²) in [6.45, 7) is 3.51. The van der Waals surface area contributed by atoms with Crippen LogP contribution in [0.15, 0.2) is 24.3 Å². The lowest BCUT2D eigenvalue weighted by Gasteiger charge is -2.33. The Morgan fingerprint density at radius 2 is 1.95 bits per heavy atom. The zero-order valence-electron chi connectivity index (χ0n) is 13.0. The number of carbonyl (C=O) groups excluding carboxylic acids is 1. The third-order valence-corrected chi connectivity index (χ3v) is 5.97. The summed E-state index contributed by atoms with van der Waals surface area (Å²) in [4.78, 5) is 14.5. The highest BCUT2D eigenvalue weighted by Gasteiger charge is 2.45. The van der Waals surface area contributed by atoms with Gasteiger partial charge in [-0.05, 0) is 67.2 Å². The number of hydrogen-bond acceptors (Lipinski definition) is 2. The summed E-state index contributed by atoms with van der Waals surface area (Å²) in [5.41, 5.74) is 0.647. The zero-order chi connectivity index (χ0) is 15.7. The van der Waals surface area contributed by atoms with Crippen LogP contribution < -0.4 is 0 Å². The van der Waals surface area contributed by atoms with E-state index in [-0.39, 0.29) is 12.5 Å². The molecule has 2 aliphatic carbocycles. The van der Waals surface area contributed by atoms with E-state index in [1.54, 1.807) is 24.3 Å². The second-order valence-electron chi connectivity index (χ2n) is 6.84. The molecule has 3 rings (SSSR count). The molecule has 22 heavy (non-hydrogen) atoms. The van der Waals surface area contributed by atoms with Gasteiger partial charge in [-0.25, -0.2) is 0 Å². The van der Waals surface area contributed by atoms with Crippen LogP contribution >= 0.6 is 11.6 Å².